The summed E-state index contributed by atoms with van der Waals surface area (Å²) in [6.07, 6.45) is 1.55. The quantitative estimate of drug-likeness (QED) is 0.438. The van der Waals surface area contributed by atoms with Gasteiger partial charge in [0.1, 0.15) is 0 Å². The molecule has 0 aromatic rings. The van der Waals surface area contributed by atoms with Crippen molar-refractivity contribution in [2.24, 2.45) is 0 Å². The van der Waals surface area contributed by atoms with Crippen LogP contribution in [-0.4, -0.2) is 23.1 Å². The largest absolute Gasteiger partial charge is 0.289 e. The fourth-order valence-corrected chi connectivity index (χ4v) is 1.20. The van der Waals surface area contributed by atoms with E-state index < -0.39 is 0 Å². The van der Waals surface area contributed by atoms with Gasteiger partial charge in [-0.1, -0.05) is 16.5 Å². The molecule has 1 aliphatic heterocycles. The first-order chi connectivity index (χ1) is 3.72. The second-order valence-corrected chi connectivity index (χ2v) is 3.16. The van der Waals surface area contributed by atoms with Crippen molar-refractivity contribution in [2.75, 3.05) is 7.05 Å². The van der Waals surface area contributed by atoms with E-state index in [9.17, 15) is 4.79 Å². The lowest BCUT2D eigenvalue weighted by molar-refractivity contribution is -0.120. The first-order valence-electron chi connectivity index (χ1n) is 2.20. The van der Waals surface area contributed by atoms with E-state index in [2.05, 4.69) is 5.87 Å². The Balaban J connectivity index is 2.84. The van der Waals surface area contributed by atoms with Crippen molar-refractivity contribution >= 4 is 22.4 Å². The summed E-state index contributed by atoms with van der Waals surface area (Å²) in [6, 6.07) is 0. The molecule has 1 aliphatic rings. The van der Waals surface area contributed by atoms with E-state index in [0.717, 1.165) is 0 Å². The molecule has 1 rings (SSSR count). The highest BCUT2D eigenvalue weighted by Gasteiger charge is 2.10. The van der Waals surface area contributed by atoms with Gasteiger partial charge in [0.25, 0.3) is 5.91 Å². The van der Waals surface area contributed by atoms with Crippen LogP contribution < -0.4 is 0 Å². The molecular formula is C5H7NOS. The minimum atomic E-state index is -0.194. The van der Waals surface area contributed by atoms with E-state index in [4.69, 9.17) is 0 Å². The summed E-state index contributed by atoms with van der Waals surface area (Å²) in [5, 5.41) is 1.81. The van der Waals surface area contributed by atoms with E-state index in [1.807, 2.05) is 5.41 Å². The van der Waals surface area contributed by atoms with Crippen molar-refractivity contribution in [2.45, 2.75) is 0 Å². The average Bonchev–Trinajstić information content (AvgIpc) is 1.98. The number of carbonyl (C=O) groups excluding carboxylic acids is 1. The molecule has 0 fully saturated rings. The number of likely N-dealkylation sites (N-methyl/N-ethyl adjacent to an activating group) is 1. The van der Waals surface area contributed by atoms with Crippen LogP contribution in [0.1, 0.15) is 0 Å². The molecule has 0 radical (unpaired) electrons. The normalized spacial score (nSPS) is 27.4. The number of carbonyl (C=O) groups is 1. The third kappa shape index (κ3) is 0.690. The molecule has 0 bridgehead atoms. The van der Waals surface area contributed by atoms with Crippen molar-refractivity contribution in [1.82, 2.24) is 4.31 Å². The molecule has 1 amide bonds. The lowest BCUT2D eigenvalue weighted by atomic mass is 10.6. The topological polar surface area (TPSA) is 20.3 Å². The Morgan fingerprint density at radius 2 is 2.50 bits per heavy atom. The van der Waals surface area contributed by atoms with Gasteiger partial charge in [-0.15, -0.1) is 0 Å². The molecule has 1 unspecified atom stereocenters. The highest BCUT2D eigenvalue weighted by molar-refractivity contribution is 8.15. The van der Waals surface area contributed by atoms with Crippen LogP contribution >= 0.6 is 10.7 Å². The summed E-state index contributed by atoms with van der Waals surface area (Å²) in [7, 11) is 1.55. The van der Waals surface area contributed by atoms with Crippen LogP contribution in [0.2, 0.25) is 0 Å². The molecule has 1 heterocycles. The Kier molecular flexibility index (Phi) is 1.21. The molecule has 1 atom stereocenters. The maximum atomic E-state index is 10.6. The number of hydrogen-bond donors (Lipinski definition) is 0. The smallest absolute Gasteiger partial charge is 0.256 e. The Hall–Kier alpha value is -0.570. The van der Waals surface area contributed by atoms with Crippen molar-refractivity contribution < 1.29 is 4.79 Å². The fourth-order valence-electron chi connectivity index (χ4n) is 0.449. The molecule has 0 aliphatic carbocycles. The number of hydrogen-bond acceptors (Lipinski definition) is 1. The first-order valence-corrected chi connectivity index (χ1v) is 3.62. The fraction of sp³-hybridized carbons (Fsp3) is 0.200. The van der Waals surface area contributed by atoms with Crippen LogP contribution in [0.15, 0.2) is 11.5 Å². The molecule has 2 nitrogen and oxygen atoms in total. The van der Waals surface area contributed by atoms with Crippen molar-refractivity contribution in [3.05, 3.63) is 11.5 Å². The van der Waals surface area contributed by atoms with Gasteiger partial charge in [-0.25, -0.2) is 0 Å². The van der Waals surface area contributed by atoms with Gasteiger partial charge in [0.05, 0.1) is 0 Å². The van der Waals surface area contributed by atoms with Gasteiger partial charge in [0, 0.05) is 13.1 Å². The zero-order valence-electron chi connectivity index (χ0n) is 4.63. The number of nitrogens with zero attached hydrogens (tertiary/aromatic N) is 1. The zero-order chi connectivity index (χ0) is 6.15. The summed E-state index contributed by atoms with van der Waals surface area (Å²) in [5.41, 5.74) is 0. The SMILES string of the molecule is C=S1C=CC(=O)N1C. The maximum Gasteiger partial charge on any atom is 0.256 e. The van der Waals surface area contributed by atoms with E-state index in [1.165, 1.54) is 0 Å². The Bertz CT molecular complexity index is 155. The average molecular weight is 129 g/mol. The van der Waals surface area contributed by atoms with Gasteiger partial charge in [-0.2, -0.15) is 0 Å². The van der Waals surface area contributed by atoms with Gasteiger partial charge in [-0.05, 0) is 5.41 Å². The Morgan fingerprint density at radius 3 is 2.62 bits per heavy atom. The molecule has 0 aromatic carbocycles. The molecule has 0 spiro atoms. The molecule has 3 heteroatoms. The third-order valence-electron chi connectivity index (χ3n) is 1.03. The van der Waals surface area contributed by atoms with E-state index in [0.29, 0.717) is 0 Å². The molecule has 0 saturated heterocycles. The number of rotatable bonds is 0. The van der Waals surface area contributed by atoms with Crippen LogP contribution in [0, 0.1) is 0 Å². The van der Waals surface area contributed by atoms with Crippen LogP contribution in [0.4, 0.5) is 0 Å². The summed E-state index contributed by atoms with van der Waals surface area (Å²) >= 11 is 0. The van der Waals surface area contributed by atoms with Crippen molar-refractivity contribution in [3.8, 4) is 0 Å². The second kappa shape index (κ2) is 1.74. The predicted molar refractivity (Wildman–Crippen MR) is 36.6 cm³/mol. The predicted octanol–water partition coefficient (Wildman–Crippen LogP) is 0.588. The van der Waals surface area contributed by atoms with Gasteiger partial charge >= 0.3 is 0 Å². The minimum absolute atomic E-state index is 0.0586. The van der Waals surface area contributed by atoms with Crippen LogP contribution in [0.5, 0.6) is 0 Å². The van der Waals surface area contributed by atoms with E-state index >= 15 is 0 Å². The molecule has 44 valence electrons. The first kappa shape index (κ1) is 5.56. The van der Waals surface area contributed by atoms with E-state index in [1.54, 1.807) is 17.4 Å². The Labute approximate surface area is 50.9 Å². The number of amides is 1. The third-order valence-corrected chi connectivity index (χ3v) is 2.36. The minimum Gasteiger partial charge on any atom is -0.289 e. The van der Waals surface area contributed by atoms with E-state index in [-0.39, 0.29) is 16.6 Å². The van der Waals surface area contributed by atoms with Crippen LogP contribution in [0.25, 0.3) is 0 Å². The molecular weight excluding hydrogens is 122 g/mol. The van der Waals surface area contributed by atoms with Crippen molar-refractivity contribution in [3.63, 3.8) is 0 Å². The summed E-state index contributed by atoms with van der Waals surface area (Å²) < 4.78 is 1.61. The molecule has 0 N–H and O–H groups in total. The lowest BCUT2D eigenvalue weighted by Crippen LogP contribution is -2.12. The summed E-state index contributed by atoms with van der Waals surface area (Å²) in [6.45, 7) is 0. The summed E-state index contributed by atoms with van der Waals surface area (Å²) in [4.78, 5) is 10.6. The molecule has 0 aromatic heterocycles. The van der Waals surface area contributed by atoms with Gasteiger partial charge in [-0.3, -0.25) is 9.10 Å². The molecule has 0 saturated carbocycles. The molecule has 8 heavy (non-hydrogen) atoms. The van der Waals surface area contributed by atoms with Crippen LogP contribution in [0.3, 0.4) is 0 Å². The van der Waals surface area contributed by atoms with Crippen molar-refractivity contribution in [1.29, 1.82) is 0 Å². The highest BCUT2D eigenvalue weighted by Crippen LogP contribution is 2.22. The standard InChI is InChI=1S/C5H7NOS/c1-6-5(7)3-4-8(6)2/h3-4H,2H2,1H3. The monoisotopic (exact) mass is 129 g/mol. The Morgan fingerprint density at radius 1 is 1.88 bits per heavy atom. The van der Waals surface area contributed by atoms with Gasteiger partial charge < -0.3 is 0 Å². The maximum absolute atomic E-state index is 10.6. The van der Waals surface area contributed by atoms with Gasteiger partial charge in [0.2, 0.25) is 0 Å². The second-order valence-electron chi connectivity index (χ2n) is 1.54. The highest BCUT2D eigenvalue weighted by atomic mass is 32.2. The summed E-state index contributed by atoms with van der Waals surface area (Å²) in [5.74, 6) is 3.77. The zero-order valence-corrected chi connectivity index (χ0v) is 5.44. The lowest BCUT2D eigenvalue weighted by Gasteiger charge is -2.08. The van der Waals surface area contributed by atoms with Crippen LogP contribution in [-0.2, 0) is 4.79 Å². The van der Waals surface area contributed by atoms with Gasteiger partial charge in [0.15, 0.2) is 0 Å².